The molecule has 4 rings (SSSR count). The van der Waals surface area contributed by atoms with Crippen molar-refractivity contribution in [1.29, 1.82) is 0 Å². The minimum absolute atomic E-state index is 0.136. The van der Waals surface area contributed by atoms with Crippen LogP contribution in [0.4, 0.5) is 4.39 Å². The summed E-state index contributed by atoms with van der Waals surface area (Å²) in [6.45, 7) is 3.84. The van der Waals surface area contributed by atoms with Crippen molar-refractivity contribution in [2.45, 2.75) is 32.5 Å². The van der Waals surface area contributed by atoms with E-state index in [2.05, 4.69) is 10.1 Å². The van der Waals surface area contributed by atoms with Crippen molar-refractivity contribution in [3.63, 3.8) is 0 Å². The quantitative estimate of drug-likeness (QED) is 0.755. The summed E-state index contributed by atoms with van der Waals surface area (Å²) < 4.78 is 16.4. The summed E-state index contributed by atoms with van der Waals surface area (Å²) in [6, 6.07) is 8.36. The number of halogens is 1. The lowest BCUT2D eigenvalue weighted by molar-refractivity contribution is 0.0736. The van der Waals surface area contributed by atoms with Crippen LogP contribution in [-0.4, -0.2) is 30.7 Å². The molecule has 1 aliphatic rings. The van der Waals surface area contributed by atoms with Crippen LogP contribution in [0.3, 0.4) is 0 Å². The van der Waals surface area contributed by atoms with Crippen molar-refractivity contribution >= 4 is 5.91 Å². The molecule has 1 aliphatic heterocycles. The smallest absolute Gasteiger partial charge is 0.256 e. The molecule has 6 nitrogen and oxygen atoms in total. The van der Waals surface area contributed by atoms with E-state index in [0.29, 0.717) is 34.5 Å². The van der Waals surface area contributed by atoms with Gasteiger partial charge in [-0.05, 0) is 37.6 Å². The Labute approximate surface area is 162 Å². The zero-order valence-electron chi connectivity index (χ0n) is 16.0. The van der Waals surface area contributed by atoms with Crippen LogP contribution < -0.4 is 0 Å². The van der Waals surface area contributed by atoms with Gasteiger partial charge in [0.15, 0.2) is 0 Å². The standard InChI is InChI=1S/C21H21FN4O2/c1-21(2,28)19-16(11-25(3)24-19)13-6-7-14(17(22)9-13)10-26-12-18-15(20(26)27)5-4-8-23-18/h4-9,11,28H,10,12H2,1-3H3. The Balaban J connectivity index is 1.61. The molecule has 0 fully saturated rings. The van der Waals surface area contributed by atoms with Crippen LogP contribution >= 0.6 is 0 Å². The molecule has 0 radical (unpaired) electrons. The molecule has 2 aromatic heterocycles. The van der Waals surface area contributed by atoms with Gasteiger partial charge in [0.1, 0.15) is 17.1 Å². The number of carbonyl (C=O) groups is 1. The Bertz CT molecular complexity index is 1070. The predicted octanol–water partition coefficient (Wildman–Crippen LogP) is 3.00. The van der Waals surface area contributed by atoms with Crippen LogP contribution in [0, 0.1) is 5.82 Å². The first-order chi connectivity index (χ1) is 13.2. The number of rotatable bonds is 4. The van der Waals surface area contributed by atoms with Crippen LogP contribution in [0.15, 0.2) is 42.7 Å². The first kappa shape index (κ1) is 18.3. The van der Waals surface area contributed by atoms with Crippen molar-refractivity contribution in [2.24, 2.45) is 7.05 Å². The van der Waals surface area contributed by atoms with E-state index < -0.39 is 11.4 Å². The third kappa shape index (κ3) is 3.18. The van der Waals surface area contributed by atoms with Crippen LogP contribution in [0.2, 0.25) is 0 Å². The largest absolute Gasteiger partial charge is 0.384 e. The molecular weight excluding hydrogens is 359 g/mol. The van der Waals surface area contributed by atoms with Gasteiger partial charge in [0, 0.05) is 37.1 Å². The second kappa shape index (κ2) is 6.53. The number of hydrogen-bond acceptors (Lipinski definition) is 4. The van der Waals surface area contributed by atoms with Crippen LogP contribution in [0.1, 0.15) is 41.2 Å². The highest BCUT2D eigenvalue weighted by atomic mass is 19.1. The normalized spacial score (nSPS) is 13.9. The van der Waals surface area contributed by atoms with E-state index in [-0.39, 0.29) is 12.5 Å². The minimum atomic E-state index is -1.15. The Kier molecular flexibility index (Phi) is 4.27. The first-order valence-corrected chi connectivity index (χ1v) is 9.02. The molecular formula is C21H21FN4O2. The molecule has 7 heteroatoms. The van der Waals surface area contributed by atoms with E-state index in [1.54, 1.807) is 67.1 Å². The predicted molar refractivity (Wildman–Crippen MR) is 102 cm³/mol. The third-order valence-corrected chi connectivity index (χ3v) is 4.88. The van der Waals surface area contributed by atoms with Crippen molar-refractivity contribution in [3.05, 3.63) is 71.1 Å². The van der Waals surface area contributed by atoms with Gasteiger partial charge in [-0.25, -0.2) is 4.39 Å². The van der Waals surface area contributed by atoms with Crippen LogP contribution in [0.5, 0.6) is 0 Å². The Morgan fingerprint density at radius 1 is 1.25 bits per heavy atom. The van der Waals surface area contributed by atoms with E-state index in [1.807, 2.05) is 0 Å². The summed E-state index contributed by atoms with van der Waals surface area (Å²) in [5.41, 5.74) is 2.36. The molecule has 1 N–H and O–H groups in total. The molecule has 0 atom stereocenters. The third-order valence-electron chi connectivity index (χ3n) is 4.88. The summed E-state index contributed by atoms with van der Waals surface area (Å²) in [7, 11) is 1.76. The van der Waals surface area contributed by atoms with Gasteiger partial charge in [-0.3, -0.25) is 14.5 Å². The highest BCUT2D eigenvalue weighted by Gasteiger charge is 2.29. The second-order valence-electron chi connectivity index (χ2n) is 7.59. The van der Waals surface area contributed by atoms with E-state index in [4.69, 9.17) is 0 Å². The molecule has 0 saturated heterocycles. The lowest BCUT2D eigenvalue weighted by Gasteiger charge is -2.18. The molecule has 144 valence electrons. The topological polar surface area (TPSA) is 71.2 Å². The van der Waals surface area contributed by atoms with E-state index in [1.165, 1.54) is 6.07 Å². The van der Waals surface area contributed by atoms with E-state index in [9.17, 15) is 14.3 Å². The number of aromatic nitrogens is 3. The van der Waals surface area contributed by atoms with Crippen molar-refractivity contribution < 1.29 is 14.3 Å². The lowest BCUT2D eigenvalue weighted by Crippen LogP contribution is -2.23. The van der Waals surface area contributed by atoms with Crippen molar-refractivity contribution in [3.8, 4) is 11.1 Å². The molecule has 1 aromatic carbocycles. The fourth-order valence-corrected chi connectivity index (χ4v) is 3.51. The van der Waals surface area contributed by atoms with Gasteiger partial charge in [-0.1, -0.05) is 12.1 Å². The minimum Gasteiger partial charge on any atom is -0.384 e. The number of aliphatic hydroxyl groups is 1. The summed E-state index contributed by atoms with van der Waals surface area (Å²) >= 11 is 0. The summed E-state index contributed by atoms with van der Waals surface area (Å²) in [5, 5.41) is 14.7. The summed E-state index contributed by atoms with van der Waals surface area (Å²) in [4.78, 5) is 18.3. The van der Waals surface area contributed by atoms with Crippen LogP contribution in [0.25, 0.3) is 11.1 Å². The molecule has 0 bridgehead atoms. The Hall–Kier alpha value is -3.06. The molecule has 3 aromatic rings. The average Bonchev–Trinajstić information content (AvgIpc) is 3.18. The zero-order valence-corrected chi connectivity index (χ0v) is 16.0. The molecule has 0 spiro atoms. The Morgan fingerprint density at radius 2 is 2.04 bits per heavy atom. The molecule has 0 aliphatic carbocycles. The maximum absolute atomic E-state index is 14.8. The van der Waals surface area contributed by atoms with Gasteiger partial charge in [0.25, 0.3) is 5.91 Å². The van der Waals surface area contributed by atoms with E-state index >= 15 is 0 Å². The maximum atomic E-state index is 14.8. The molecule has 1 amide bonds. The number of aryl methyl sites for hydroxylation is 1. The van der Waals surface area contributed by atoms with Gasteiger partial charge in [-0.2, -0.15) is 5.10 Å². The number of hydrogen-bond donors (Lipinski definition) is 1. The number of benzene rings is 1. The number of amides is 1. The lowest BCUT2D eigenvalue weighted by atomic mass is 9.96. The van der Waals surface area contributed by atoms with Gasteiger partial charge in [-0.15, -0.1) is 0 Å². The highest BCUT2D eigenvalue weighted by molar-refractivity contribution is 5.97. The average molecular weight is 380 g/mol. The second-order valence-corrected chi connectivity index (χ2v) is 7.59. The van der Waals surface area contributed by atoms with Gasteiger partial charge in [0.05, 0.1) is 17.8 Å². The van der Waals surface area contributed by atoms with Crippen LogP contribution in [-0.2, 0) is 25.7 Å². The molecule has 0 saturated carbocycles. The molecule has 3 heterocycles. The highest BCUT2D eigenvalue weighted by Crippen LogP contribution is 2.32. The number of pyridine rings is 1. The maximum Gasteiger partial charge on any atom is 0.256 e. The monoisotopic (exact) mass is 380 g/mol. The fraction of sp³-hybridized carbons (Fsp3) is 0.286. The number of carbonyl (C=O) groups excluding carboxylic acids is 1. The number of fused-ring (bicyclic) bond motifs is 1. The summed E-state index contributed by atoms with van der Waals surface area (Å²) in [5.74, 6) is -0.539. The van der Waals surface area contributed by atoms with Crippen molar-refractivity contribution in [2.75, 3.05) is 0 Å². The van der Waals surface area contributed by atoms with Gasteiger partial charge in [0.2, 0.25) is 0 Å². The fourth-order valence-electron chi connectivity index (χ4n) is 3.51. The molecule has 0 unspecified atom stereocenters. The first-order valence-electron chi connectivity index (χ1n) is 9.02. The Morgan fingerprint density at radius 3 is 2.71 bits per heavy atom. The zero-order chi connectivity index (χ0) is 20.1. The van der Waals surface area contributed by atoms with Gasteiger partial charge >= 0.3 is 0 Å². The number of nitrogens with zero attached hydrogens (tertiary/aromatic N) is 4. The SMILES string of the molecule is Cn1cc(-c2ccc(CN3Cc4ncccc4C3=O)c(F)c2)c(C(C)(C)O)n1. The summed E-state index contributed by atoms with van der Waals surface area (Å²) in [6.07, 6.45) is 3.41. The van der Waals surface area contributed by atoms with Crippen molar-refractivity contribution in [1.82, 2.24) is 19.7 Å². The molecule has 28 heavy (non-hydrogen) atoms. The van der Waals surface area contributed by atoms with Gasteiger partial charge < -0.3 is 10.0 Å². The van der Waals surface area contributed by atoms with E-state index in [0.717, 1.165) is 5.69 Å².